The van der Waals surface area contributed by atoms with Crippen LogP contribution >= 0.6 is 11.3 Å². The lowest BCUT2D eigenvalue weighted by Gasteiger charge is -2.23. The minimum Gasteiger partial charge on any atom is -0.380 e. The first-order valence-electron chi connectivity index (χ1n) is 5.06. The summed E-state index contributed by atoms with van der Waals surface area (Å²) >= 11 is 1.64. The van der Waals surface area contributed by atoms with Crippen LogP contribution in [-0.2, 0) is 9.84 Å². The Morgan fingerprint density at radius 1 is 1.47 bits per heavy atom. The van der Waals surface area contributed by atoms with Gasteiger partial charge in [-0.15, -0.1) is 11.3 Å². The summed E-state index contributed by atoms with van der Waals surface area (Å²) in [6.07, 6.45) is 1.73. The first-order chi connectivity index (χ1) is 7.07. The molecule has 1 fully saturated rings. The van der Waals surface area contributed by atoms with Crippen molar-refractivity contribution < 1.29 is 8.42 Å². The summed E-state index contributed by atoms with van der Waals surface area (Å²) in [6, 6.07) is 0.0945. The zero-order chi connectivity index (χ0) is 10.9. The normalized spacial score (nSPS) is 25.0. The van der Waals surface area contributed by atoms with Gasteiger partial charge in [-0.3, -0.25) is 0 Å². The summed E-state index contributed by atoms with van der Waals surface area (Å²) < 4.78 is 22.9. The molecular weight excluding hydrogens is 230 g/mol. The van der Waals surface area contributed by atoms with Gasteiger partial charge in [-0.1, -0.05) is 0 Å². The van der Waals surface area contributed by atoms with E-state index in [0.29, 0.717) is 5.75 Å². The third kappa shape index (κ3) is 2.72. The zero-order valence-electron chi connectivity index (χ0n) is 8.69. The van der Waals surface area contributed by atoms with E-state index in [2.05, 4.69) is 10.7 Å². The molecular formula is C10H15NO2S2. The van der Waals surface area contributed by atoms with E-state index in [0.717, 1.165) is 18.5 Å². The van der Waals surface area contributed by atoms with Crippen LogP contribution in [0, 0.1) is 6.92 Å². The Bertz CT molecular complexity index is 436. The fourth-order valence-electron chi connectivity index (χ4n) is 1.86. The molecule has 0 amide bonds. The highest BCUT2D eigenvalue weighted by atomic mass is 32.2. The van der Waals surface area contributed by atoms with Crippen molar-refractivity contribution in [2.75, 3.05) is 16.8 Å². The molecule has 1 aliphatic rings. The van der Waals surface area contributed by atoms with Crippen molar-refractivity contribution in [3.63, 3.8) is 0 Å². The minimum atomic E-state index is -2.81. The quantitative estimate of drug-likeness (QED) is 0.867. The number of rotatable bonds is 2. The van der Waals surface area contributed by atoms with Gasteiger partial charge in [0.25, 0.3) is 0 Å². The molecule has 0 saturated carbocycles. The second-order valence-electron chi connectivity index (χ2n) is 4.07. The number of hydrogen-bond acceptors (Lipinski definition) is 4. The van der Waals surface area contributed by atoms with E-state index in [1.807, 2.05) is 12.3 Å². The van der Waals surface area contributed by atoms with Gasteiger partial charge in [-0.05, 0) is 30.7 Å². The molecule has 3 nitrogen and oxygen atoms in total. The molecule has 5 heteroatoms. The molecule has 1 unspecified atom stereocenters. The number of nitrogens with one attached hydrogen (secondary N) is 1. The van der Waals surface area contributed by atoms with E-state index in [-0.39, 0.29) is 11.8 Å². The molecule has 1 saturated heterocycles. The van der Waals surface area contributed by atoms with Crippen LogP contribution in [0.15, 0.2) is 10.8 Å². The highest BCUT2D eigenvalue weighted by molar-refractivity contribution is 7.91. The molecule has 1 N–H and O–H groups in total. The fraction of sp³-hybridized carbons (Fsp3) is 0.600. The van der Waals surface area contributed by atoms with Crippen molar-refractivity contribution in [1.29, 1.82) is 0 Å². The number of aryl methyl sites for hydroxylation is 1. The Labute approximate surface area is 94.4 Å². The van der Waals surface area contributed by atoms with Gasteiger partial charge < -0.3 is 5.32 Å². The Balaban J connectivity index is 2.04. The predicted octanol–water partition coefficient (Wildman–Crippen LogP) is 2.05. The van der Waals surface area contributed by atoms with Gasteiger partial charge in [0, 0.05) is 17.1 Å². The van der Waals surface area contributed by atoms with E-state index >= 15 is 0 Å². The molecule has 0 spiro atoms. The molecule has 1 aromatic heterocycles. The molecule has 0 aliphatic carbocycles. The van der Waals surface area contributed by atoms with Crippen molar-refractivity contribution in [2.24, 2.45) is 0 Å². The average Bonchev–Trinajstić information content (AvgIpc) is 2.50. The minimum absolute atomic E-state index is 0.0945. The van der Waals surface area contributed by atoms with Crippen molar-refractivity contribution in [3.8, 4) is 0 Å². The van der Waals surface area contributed by atoms with Gasteiger partial charge in [0.15, 0.2) is 9.84 Å². The largest absolute Gasteiger partial charge is 0.380 e. The molecule has 1 aromatic rings. The maximum atomic E-state index is 11.4. The third-order valence-electron chi connectivity index (χ3n) is 2.68. The standard InChI is InChI=1S/C10H15NO2S2/c1-8-5-14-6-10(8)11-9-3-2-4-15(12,13)7-9/h5-6,9,11H,2-4,7H2,1H3. The average molecular weight is 245 g/mol. The summed E-state index contributed by atoms with van der Waals surface area (Å²) in [5.74, 6) is 0.635. The van der Waals surface area contributed by atoms with E-state index in [1.54, 1.807) is 11.3 Å². The smallest absolute Gasteiger partial charge is 0.152 e. The first-order valence-corrected chi connectivity index (χ1v) is 7.83. The maximum absolute atomic E-state index is 11.4. The van der Waals surface area contributed by atoms with Crippen LogP contribution in [-0.4, -0.2) is 26.0 Å². The number of anilines is 1. The molecule has 0 radical (unpaired) electrons. The zero-order valence-corrected chi connectivity index (χ0v) is 10.3. The lowest BCUT2D eigenvalue weighted by atomic mass is 10.2. The van der Waals surface area contributed by atoms with Crippen LogP contribution in [0.2, 0.25) is 0 Å². The van der Waals surface area contributed by atoms with Gasteiger partial charge in [-0.25, -0.2) is 8.42 Å². The second kappa shape index (κ2) is 4.14. The molecule has 1 atom stereocenters. The fourth-order valence-corrected chi connectivity index (χ4v) is 4.29. The molecule has 0 bridgehead atoms. The van der Waals surface area contributed by atoms with Crippen molar-refractivity contribution in [1.82, 2.24) is 0 Å². The van der Waals surface area contributed by atoms with Crippen LogP contribution in [0.5, 0.6) is 0 Å². The highest BCUT2D eigenvalue weighted by Gasteiger charge is 2.24. The Kier molecular flexibility index (Phi) is 3.02. The maximum Gasteiger partial charge on any atom is 0.152 e. The van der Waals surface area contributed by atoms with Gasteiger partial charge in [0.1, 0.15) is 0 Å². The molecule has 84 valence electrons. The molecule has 2 rings (SSSR count). The van der Waals surface area contributed by atoms with Gasteiger partial charge >= 0.3 is 0 Å². The van der Waals surface area contributed by atoms with E-state index in [9.17, 15) is 8.42 Å². The Morgan fingerprint density at radius 2 is 2.27 bits per heavy atom. The topological polar surface area (TPSA) is 46.2 Å². The summed E-state index contributed by atoms with van der Waals surface area (Å²) in [6.45, 7) is 2.04. The molecule has 15 heavy (non-hydrogen) atoms. The van der Waals surface area contributed by atoms with Crippen molar-refractivity contribution in [3.05, 3.63) is 16.3 Å². The van der Waals surface area contributed by atoms with Gasteiger partial charge in [0.05, 0.1) is 11.5 Å². The van der Waals surface area contributed by atoms with Crippen LogP contribution < -0.4 is 5.32 Å². The van der Waals surface area contributed by atoms with E-state index < -0.39 is 9.84 Å². The monoisotopic (exact) mass is 245 g/mol. The number of thiophene rings is 1. The highest BCUT2D eigenvalue weighted by Crippen LogP contribution is 2.23. The van der Waals surface area contributed by atoms with Crippen LogP contribution in [0.1, 0.15) is 18.4 Å². The summed E-state index contributed by atoms with van der Waals surface area (Å²) in [5.41, 5.74) is 2.28. The number of hydrogen-bond donors (Lipinski definition) is 1. The summed E-state index contributed by atoms with van der Waals surface area (Å²) in [5, 5.41) is 7.42. The lowest BCUT2D eigenvalue weighted by Crippen LogP contribution is -2.34. The first kappa shape index (κ1) is 11.0. The second-order valence-corrected chi connectivity index (χ2v) is 7.04. The Hall–Kier alpha value is -0.550. The van der Waals surface area contributed by atoms with E-state index in [1.165, 1.54) is 5.56 Å². The third-order valence-corrected chi connectivity index (χ3v) is 5.36. The van der Waals surface area contributed by atoms with Crippen LogP contribution in [0.4, 0.5) is 5.69 Å². The van der Waals surface area contributed by atoms with E-state index in [4.69, 9.17) is 0 Å². The van der Waals surface area contributed by atoms with Crippen molar-refractivity contribution >= 4 is 26.9 Å². The molecule has 2 heterocycles. The van der Waals surface area contributed by atoms with Crippen molar-refractivity contribution in [2.45, 2.75) is 25.8 Å². The SMILES string of the molecule is Cc1cscc1NC1CCCS(=O)(=O)C1. The Morgan fingerprint density at radius 3 is 2.87 bits per heavy atom. The summed E-state index contributed by atoms with van der Waals surface area (Å²) in [4.78, 5) is 0. The van der Waals surface area contributed by atoms with Gasteiger partial charge in [-0.2, -0.15) is 0 Å². The molecule has 1 aliphatic heterocycles. The van der Waals surface area contributed by atoms with Crippen LogP contribution in [0.3, 0.4) is 0 Å². The number of sulfone groups is 1. The van der Waals surface area contributed by atoms with Crippen LogP contribution in [0.25, 0.3) is 0 Å². The lowest BCUT2D eigenvalue weighted by molar-refractivity contribution is 0.562. The molecule has 0 aromatic carbocycles. The summed E-state index contributed by atoms with van der Waals surface area (Å²) in [7, 11) is -2.81. The predicted molar refractivity (Wildman–Crippen MR) is 64.4 cm³/mol. The van der Waals surface area contributed by atoms with Gasteiger partial charge in [0.2, 0.25) is 0 Å².